The van der Waals surface area contributed by atoms with E-state index in [1.165, 1.54) is 6.07 Å². The average Bonchev–Trinajstić information content (AvgIpc) is 2.61. The lowest BCUT2D eigenvalue weighted by Gasteiger charge is -2.09. The van der Waals surface area contributed by atoms with E-state index in [4.69, 9.17) is 0 Å². The molecule has 0 atom stereocenters. The molecule has 0 spiro atoms. The van der Waals surface area contributed by atoms with E-state index in [-0.39, 0.29) is 11.3 Å². The maximum atomic E-state index is 13.1. The molecule has 2 rings (SSSR count). The van der Waals surface area contributed by atoms with Crippen LogP contribution in [0.1, 0.15) is 11.1 Å². The van der Waals surface area contributed by atoms with Crippen LogP contribution in [-0.4, -0.2) is 23.4 Å². The smallest absolute Gasteiger partial charge is 0.416 e. The molecule has 0 saturated carbocycles. The van der Waals surface area contributed by atoms with Gasteiger partial charge in [-0.15, -0.1) is 0 Å². The van der Waals surface area contributed by atoms with Crippen LogP contribution >= 0.6 is 0 Å². The van der Waals surface area contributed by atoms with Crippen molar-refractivity contribution in [3.05, 3.63) is 69.5 Å². The van der Waals surface area contributed by atoms with Crippen molar-refractivity contribution in [3.63, 3.8) is 0 Å². The van der Waals surface area contributed by atoms with E-state index in [0.29, 0.717) is 6.07 Å². The number of nitrogens with zero attached hydrogens (tertiary/aromatic N) is 1. The van der Waals surface area contributed by atoms with Crippen LogP contribution in [0.5, 0.6) is 0 Å². The quantitative estimate of drug-likeness (QED) is 0.347. The predicted molar refractivity (Wildman–Crippen MR) is 87.8 cm³/mol. The molecule has 7 nitrogen and oxygen atoms in total. The Hall–Kier alpha value is -3.50. The molecule has 2 aromatic rings. The molecule has 11 heteroatoms. The molecule has 0 aromatic heterocycles. The summed E-state index contributed by atoms with van der Waals surface area (Å²) in [5.74, 6) is -2.78. The summed E-state index contributed by atoms with van der Waals surface area (Å²) in [4.78, 5) is 33.4. The third-order valence-electron chi connectivity index (χ3n) is 3.40. The molecule has 0 saturated heterocycles. The van der Waals surface area contributed by atoms with Crippen LogP contribution < -0.4 is 5.32 Å². The number of nitro benzene ring substituents is 1. The van der Waals surface area contributed by atoms with Gasteiger partial charge in [-0.3, -0.25) is 19.7 Å². The number of alkyl halides is 3. The third-order valence-corrected chi connectivity index (χ3v) is 3.40. The van der Waals surface area contributed by atoms with Crippen molar-refractivity contribution in [2.45, 2.75) is 12.6 Å². The second kappa shape index (κ2) is 8.46. The highest BCUT2D eigenvalue weighted by molar-refractivity contribution is 5.94. The molecule has 0 aliphatic heterocycles. The summed E-state index contributed by atoms with van der Waals surface area (Å²) in [5.41, 5.74) is -1.89. The van der Waals surface area contributed by atoms with Gasteiger partial charge in [-0.2, -0.15) is 13.2 Å². The predicted octanol–water partition coefficient (Wildman–Crippen LogP) is 3.48. The number of benzene rings is 2. The van der Waals surface area contributed by atoms with Crippen molar-refractivity contribution in [3.8, 4) is 0 Å². The Labute approximate surface area is 155 Å². The third kappa shape index (κ3) is 5.76. The number of hydrogen-bond donors (Lipinski definition) is 1. The zero-order valence-corrected chi connectivity index (χ0v) is 14.0. The summed E-state index contributed by atoms with van der Waals surface area (Å²) in [6.45, 7) is -0.827. The van der Waals surface area contributed by atoms with Gasteiger partial charge in [-0.05, 0) is 23.8 Å². The largest absolute Gasteiger partial charge is 0.455 e. The van der Waals surface area contributed by atoms with Gasteiger partial charge in [0.1, 0.15) is 11.5 Å². The highest BCUT2D eigenvalue weighted by atomic mass is 19.4. The summed E-state index contributed by atoms with van der Waals surface area (Å²) >= 11 is 0. The van der Waals surface area contributed by atoms with E-state index in [9.17, 15) is 37.3 Å². The number of anilines is 1. The normalized spacial score (nSPS) is 11.0. The maximum Gasteiger partial charge on any atom is 0.416 e. The zero-order chi connectivity index (χ0) is 20.9. The Morgan fingerprint density at radius 3 is 2.50 bits per heavy atom. The average molecular weight is 400 g/mol. The van der Waals surface area contributed by atoms with Crippen LogP contribution in [0.3, 0.4) is 0 Å². The number of ether oxygens (including phenoxy) is 1. The second-order valence-electron chi connectivity index (χ2n) is 5.50. The number of halogens is 4. The van der Waals surface area contributed by atoms with E-state index in [2.05, 4.69) is 10.1 Å². The minimum Gasteiger partial charge on any atom is -0.455 e. The molecule has 1 N–H and O–H groups in total. The van der Waals surface area contributed by atoms with E-state index in [1.807, 2.05) is 0 Å². The van der Waals surface area contributed by atoms with Crippen LogP contribution in [0, 0.1) is 15.9 Å². The maximum absolute atomic E-state index is 13.1. The molecule has 1 amide bonds. The Kier molecular flexibility index (Phi) is 6.29. The minimum absolute atomic E-state index is 0.0365. The van der Waals surface area contributed by atoms with Crippen LogP contribution in [0.2, 0.25) is 0 Å². The van der Waals surface area contributed by atoms with Crippen LogP contribution in [0.25, 0.3) is 0 Å². The van der Waals surface area contributed by atoms with E-state index >= 15 is 0 Å². The lowest BCUT2D eigenvalue weighted by atomic mass is 10.1. The van der Waals surface area contributed by atoms with Crippen molar-refractivity contribution < 1.29 is 36.8 Å². The number of carbonyl (C=O) groups is 2. The van der Waals surface area contributed by atoms with Gasteiger partial charge in [0.15, 0.2) is 6.61 Å². The fraction of sp³-hybridized carbons (Fsp3) is 0.176. The molecular formula is C17H12F4N2O5. The number of carbonyl (C=O) groups excluding carboxylic acids is 2. The Balaban J connectivity index is 1.93. The number of nitrogens with one attached hydrogen (secondary N) is 1. The number of esters is 1. The van der Waals surface area contributed by atoms with Gasteiger partial charge in [0.05, 0.1) is 23.0 Å². The van der Waals surface area contributed by atoms with E-state index < -0.39 is 53.1 Å². The highest BCUT2D eigenvalue weighted by Crippen LogP contribution is 2.29. The number of amides is 1. The molecule has 0 bridgehead atoms. The van der Waals surface area contributed by atoms with Gasteiger partial charge >= 0.3 is 12.1 Å². The lowest BCUT2D eigenvalue weighted by molar-refractivity contribution is -0.384. The monoisotopic (exact) mass is 400 g/mol. The number of nitro groups is 1. The second-order valence-corrected chi connectivity index (χ2v) is 5.50. The zero-order valence-electron chi connectivity index (χ0n) is 14.0. The lowest BCUT2D eigenvalue weighted by Crippen LogP contribution is -2.22. The molecule has 0 heterocycles. The first-order valence-electron chi connectivity index (χ1n) is 7.62. The number of rotatable bonds is 6. The van der Waals surface area contributed by atoms with E-state index in [0.717, 1.165) is 30.3 Å². The summed E-state index contributed by atoms with van der Waals surface area (Å²) in [6.07, 6.45) is -5.07. The van der Waals surface area contributed by atoms with E-state index in [1.54, 1.807) is 0 Å². The fourth-order valence-corrected chi connectivity index (χ4v) is 2.17. The van der Waals surface area contributed by atoms with Crippen molar-refractivity contribution in [2.75, 3.05) is 11.9 Å². The van der Waals surface area contributed by atoms with Gasteiger partial charge < -0.3 is 10.1 Å². The highest BCUT2D eigenvalue weighted by Gasteiger charge is 2.30. The van der Waals surface area contributed by atoms with Crippen LogP contribution in [-0.2, 0) is 26.9 Å². The summed E-state index contributed by atoms with van der Waals surface area (Å²) in [7, 11) is 0. The minimum atomic E-state index is -4.57. The SMILES string of the molecule is O=C(COC(=O)Cc1cccc(C(F)(F)F)c1)Nc1ccc(F)cc1[N+](=O)[O-]. The van der Waals surface area contributed by atoms with Gasteiger partial charge in [0, 0.05) is 0 Å². The molecule has 0 radical (unpaired) electrons. The molecule has 0 fully saturated rings. The Morgan fingerprint density at radius 1 is 1.14 bits per heavy atom. The topological polar surface area (TPSA) is 98.5 Å². The molecular weight excluding hydrogens is 388 g/mol. The van der Waals surface area contributed by atoms with Crippen LogP contribution in [0.15, 0.2) is 42.5 Å². The van der Waals surface area contributed by atoms with Gasteiger partial charge in [-0.1, -0.05) is 18.2 Å². The van der Waals surface area contributed by atoms with Crippen molar-refractivity contribution >= 4 is 23.3 Å². The van der Waals surface area contributed by atoms with Crippen LogP contribution in [0.4, 0.5) is 28.9 Å². The number of hydrogen-bond acceptors (Lipinski definition) is 5. The summed E-state index contributed by atoms with van der Waals surface area (Å²) in [5, 5.41) is 12.9. The van der Waals surface area contributed by atoms with Gasteiger partial charge in [-0.25, -0.2) is 4.39 Å². The molecule has 0 aliphatic rings. The summed E-state index contributed by atoms with van der Waals surface area (Å²) < 4.78 is 55.6. The molecule has 28 heavy (non-hydrogen) atoms. The fourth-order valence-electron chi connectivity index (χ4n) is 2.17. The van der Waals surface area contributed by atoms with Gasteiger partial charge in [0.2, 0.25) is 0 Å². The first-order chi connectivity index (χ1) is 13.1. The molecule has 0 aliphatic carbocycles. The standard InChI is InChI=1S/C17H12F4N2O5/c18-12-4-5-13(14(8-12)23(26)27)22-15(24)9-28-16(25)7-10-2-1-3-11(6-10)17(19,20)21/h1-6,8H,7,9H2,(H,22,24). The van der Waals surface area contributed by atoms with Gasteiger partial charge in [0.25, 0.3) is 11.6 Å². The molecule has 148 valence electrons. The molecule has 2 aromatic carbocycles. The first kappa shape index (κ1) is 20.8. The molecule has 0 unspecified atom stereocenters. The van der Waals surface area contributed by atoms with Crippen molar-refractivity contribution in [2.24, 2.45) is 0 Å². The summed E-state index contributed by atoms with van der Waals surface area (Å²) in [6, 6.07) is 6.51. The Morgan fingerprint density at radius 2 is 1.86 bits per heavy atom. The van der Waals surface area contributed by atoms with Crippen molar-refractivity contribution in [1.29, 1.82) is 0 Å². The van der Waals surface area contributed by atoms with Crippen molar-refractivity contribution in [1.82, 2.24) is 0 Å². The first-order valence-corrected chi connectivity index (χ1v) is 7.62. The Bertz CT molecular complexity index is 915.